The van der Waals surface area contributed by atoms with E-state index in [1.54, 1.807) is 24.9 Å². The average Bonchev–Trinajstić information content (AvgIpc) is 3.18. The van der Waals surface area contributed by atoms with E-state index in [0.29, 0.717) is 11.4 Å². The van der Waals surface area contributed by atoms with Gasteiger partial charge >= 0.3 is 5.97 Å². The van der Waals surface area contributed by atoms with Gasteiger partial charge in [-0.25, -0.2) is 9.78 Å². The maximum Gasteiger partial charge on any atom is 0.334 e. The van der Waals surface area contributed by atoms with Gasteiger partial charge in [-0.05, 0) is 30.2 Å². The maximum atomic E-state index is 12.6. The van der Waals surface area contributed by atoms with Crippen molar-refractivity contribution in [2.75, 3.05) is 7.11 Å². The minimum Gasteiger partial charge on any atom is -0.481 e. The Morgan fingerprint density at radius 1 is 1.03 bits per heavy atom. The Labute approximate surface area is 169 Å². The number of aromatic nitrogens is 2. The van der Waals surface area contributed by atoms with Crippen LogP contribution >= 0.6 is 0 Å². The molecule has 0 radical (unpaired) electrons. The molecule has 0 aliphatic carbocycles. The molecule has 3 aromatic rings. The molecule has 0 aliphatic heterocycles. The van der Waals surface area contributed by atoms with Gasteiger partial charge in [0.1, 0.15) is 5.75 Å². The van der Waals surface area contributed by atoms with E-state index in [4.69, 9.17) is 9.47 Å². The van der Waals surface area contributed by atoms with Crippen LogP contribution in [0.3, 0.4) is 0 Å². The van der Waals surface area contributed by atoms with Gasteiger partial charge in [0.05, 0.1) is 25.3 Å². The van der Waals surface area contributed by atoms with Crippen molar-refractivity contribution >= 4 is 11.9 Å². The van der Waals surface area contributed by atoms with Crippen molar-refractivity contribution in [1.29, 1.82) is 0 Å². The minimum atomic E-state index is -0.966. The molecule has 2 aromatic carbocycles. The summed E-state index contributed by atoms with van der Waals surface area (Å²) in [4.78, 5) is 28.7. The molecule has 150 valence electrons. The molecular weight excluding hydrogens is 370 g/mol. The van der Waals surface area contributed by atoms with Gasteiger partial charge in [-0.15, -0.1) is 0 Å². The number of amides is 1. The van der Waals surface area contributed by atoms with Gasteiger partial charge in [-0.2, -0.15) is 0 Å². The Morgan fingerprint density at radius 2 is 1.69 bits per heavy atom. The number of methoxy groups -OCH3 is 1. The van der Waals surface area contributed by atoms with Crippen LogP contribution in [-0.2, 0) is 21.4 Å². The van der Waals surface area contributed by atoms with E-state index in [9.17, 15) is 9.59 Å². The Bertz CT molecular complexity index is 967. The quantitative estimate of drug-likeness (QED) is 0.624. The van der Waals surface area contributed by atoms with Crippen LogP contribution in [0.5, 0.6) is 5.75 Å². The maximum absolute atomic E-state index is 12.6. The first kappa shape index (κ1) is 20.1. The molecule has 0 aliphatic rings. The van der Waals surface area contributed by atoms with Crippen molar-refractivity contribution in [2.45, 2.75) is 19.1 Å². The van der Waals surface area contributed by atoms with Crippen LogP contribution in [0.2, 0.25) is 0 Å². The Morgan fingerprint density at radius 3 is 2.28 bits per heavy atom. The summed E-state index contributed by atoms with van der Waals surface area (Å²) in [6, 6.07) is 16.5. The van der Waals surface area contributed by atoms with Gasteiger partial charge in [-0.3, -0.25) is 4.79 Å². The van der Waals surface area contributed by atoms with Gasteiger partial charge in [0.15, 0.2) is 12.1 Å². The summed E-state index contributed by atoms with van der Waals surface area (Å²) in [5.41, 5.74) is 2.67. The average molecular weight is 393 g/mol. The SMILES string of the molecule is COC(=O)[C@H](NC(=O)[C@@H](C)Oc1ccc(-c2ccccc2)cc1)c1cncn1C. The topological polar surface area (TPSA) is 82.4 Å². The fraction of sp³-hybridized carbons (Fsp3) is 0.227. The Kier molecular flexibility index (Phi) is 6.29. The molecule has 0 saturated carbocycles. The highest BCUT2D eigenvalue weighted by atomic mass is 16.5. The molecule has 1 N–H and O–H groups in total. The fourth-order valence-corrected chi connectivity index (χ4v) is 2.89. The number of esters is 1. The van der Waals surface area contributed by atoms with Gasteiger partial charge in [0.25, 0.3) is 5.91 Å². The summed E-state index contributed by atoms with van der Waals surface area (Å²) in [7, 11) is 3.00. The lowest BCUT2D eigenvalue weighted by Gasteiger charge is -2.20. The zero-order valence-corrected chi connectivity index (χ0v) is 16.5. The highest BCUT2D eigenvalue weighted by molar-refractivity contribution is 5.87. The first-order chi connectivity index (χ1) is 14.0. The number of hydrogen-bond donors (Lipinski definition) is 1. The summed E-state index contributed by atoms with van der Waals surface area (Å²) in [5.74, 6) is -0.461. The molecule has 3 rings (SSSR count). The van der Waals surface area contributed by atoms with E-state index in [1.165, 1.54) is 13.3 Å². The lowest BCUT2D eigenvalue weighted by Crippen LogP contribution is -2.42. The van der Waals surface area contributed by atoms with E-state index < -0.39 is 24.0 Å². The third-order valence-electron chi connectivity index (χ3n) is 4.52. The number of aryl methyl sites for hydroxylation is 1. The molecule has 1 aromatic heterocycles. The second-order valence-electron chi connectivity index (χ2n) is 6.54. The van der Waals surface area contributed by atoms with Crippen LogP contribution in [-0.4, -0.2) is 34.6 Å². The van der Waals surface area contributed by atoms with E-state index >= 15 is 0 Å². The molecule has 2 atom stereocenters. The van der Waals surface area contributed by atoms with E-state index in [0.717, 1.165) is 11.1 Å². The third kappa shape index (κ3) is 4.82. The van der Waals surface area contributed by atoms with Crippen LogP contribution in [0.4, 0.5) is 0 Å². The predicted octanol–water partition coefficient (Wildman–Crippen LogP) is 2.88. The van der Waals surface area contributed by atoms with E-state index in [2.05, 4.69) is 10.3 Å². The third-order valence-corrected chi connectivity index (χ3v) is 4.52. The van der Waals surface area contributed by atoms with Crippen LogP contribution in [0, 0.1) is 0 Å². The van der Waals surface area contributed by atoms with Crippen molar-refractivity contribution < 1.29 is 19.1 Å². The largest absolute Gasteiger partial charge is 0.481 e. The van der Waals surface area contributed by atoms with Gasteiger partial charge in [-0.1, -0.05) is 42.5 Å². The summed E-state index contributed by atoms with van der Waals surface area (Å²) < 4.78 is 12.2. The first-order valence-electron chi connectivity index (χ1n) is 9.16. The Hall–Kier alpha value is -3.61. The summed E-state index contributed by atoms with van der Waals surface area (Å²) >= 11 is 0. The standard InChI is InChI=1S/C22H23N3O4/c1-15(21(26)24-20(22(27)28-3)19-13-23-14-25(19)2)29-18-11-9-17(10-12-18)16-7-5-4-6-8-16/h4-15,20H,1-3H3,(H,24,26)/t15-,20-/m1/s1. The Balaban J connectivity index is 1.66. The molecule has 1 heterocycles. The molecule has 1 amide bonds. The van der Waals surface area contributed by atoms with Crippen LogP contribution in [0.15, 0.2) is 67.1 Å². The van der Waals surface area contributed by atoms with Crippen LogP contribution in [0.25, 0.3) is 11.1 Å². The number of nitrogens with zero attached hydrogens (tertiary/aromatic N) is 2. The van der Waals surface area contributed by atoms with Gasteiger partial charge < -0.3 is 19.4 Å². The fourth-order valence-electron chi connectivity index (χ4n) is 2.89. The normalized spacial score (nSPS) is 12.7. The van der Waals surface area contributed by atoms with Gasteiger partial charge in [0, 0.05) is 7.05 Å². The zero-order chi connectivity index (χ0) is 20.8. The van der Waals surface area contributed by atoms with Crippen molar-refractivity contribution in [1.82, 2.24) is 14.9 Å². The minimum absolute atomic E-state index is 0.436. The van der Waals surface area contributed by atoms with Crippen LogP contribution < -0.4 is 10.1 Å². The molecule has 29 heavy (non-hydrogen) atoms. The molecule has 0 bridgehead atoms. The van der Waals surface area contributed by atoms with Crippen molar-refractivity contribution in [3.8, 4) is 16.9 Å². The second-order valence-corrected chi connectivity index (χ2v) is 6.54. The number of rotatable bonds is 7. The van der Waals surface area contributed by atoms with E-state index in [1.807, 2.05) is 54.6 Å². The van der Waals surface area contributed by atoms with Gasteiger partial charge in [0.2, 0.25) is 0 Å². The van der Waals surface area contributed by atoms with Crippen molar-refractivity contribution in [3.05, 3.63) is 72.8 Å². The van der Waals surface area contributed by atoms with E-state index in [-0.39, 0.29) is 0 Å². The number of benzene rings is 2. The number of imidazole rings is 1. The highest BCUT2D eigenvalue weighted by Gasteiger charge is 2.28. The number of carbonyl (C=O) groups excluding carboxylic acids is 2. The zero-order valence-electron chi connectivity index (χ0n) is 16.5. The molecule has 0 spiro atoms. The monoisotopic (exact) mass is 393 g/mol. The second kappa shape index (κ2) is 9.05. The molecule has 0 unspecified atom stereocenters. The predicted molar refractivity (Wildman–Crippen MR) is 108 cm³/mol. The summed E-state index contributed by atoms with van der Waals surface area (Å²) in [5, 5.41) is 2.67. The molecule has 7 nitrogen and oxygen atoms in total. The summed E-state index contributed by atoms with van der Waals surface area (Å²) in [6.45, 7) is 1.62. The molecule has 7 heteroatoms. The highest BCUT2D eigenvalue weighted by Crippen LogP contribution is 2.23. The lowest BCUT2D eigenvalue weighted by atomic mass is 10.1. The molecular formula is C22H23N3O4. The summed E-state index contributed by atoms with van der Waals surface area (Å²) in [6.07, 6.45) is 2.25. The van der Waals surface area contributed by atoms with Crippen LogP contribution in [0.1, 0.15) is 18.7 Å². The number of carbonyl (C=O) groups is 2. The number of hydrogen-bond acceptors (Lipinski definition) is 5. The van der Waals surface area contributed by atoms with Crippen molar-refractivity contribution in [2.24, 2.45) is 7.05 Å². The lowest BCUT2D eigenvalue weighted by molar-refractivity contribution is -0.146. The number of nitrogens with one attached hydrogen (secondary N) is 1. The molecule has 0 fully saturated rings. The smallest absolute Gasteiger partial charge is 0.334 e. The first-order valence-corrected chi connectivity index (χ1v) is 9.16. The van der Waals surface area contributed by atoms with Crippen molar-refractivity contribution in [3.63, 3.8) is 0 Å². The number of ether oxygens (including phenoxy) is 2. The molecule has 0 saturated heterocycles.